The number of benzene rings is 2. The molecule has 1 aliphatic rings. The lowest BCUT2D eigenvalue weighted by molar-refractivity contribution is -0.138. The van der Waals surface area contributed by atoms with Gasteiger partial charge in [-0.3, -0.25) is 9.78 Å². The Labute approximate surface area is 210 Å². The summed E-state index contributed by atoms with van der Waals surface area (Å²) >= 11 is 0. The van der Waals surface area contributed by atoms with E-state index in [1.54, 1.807) is 36.7 Å². The normalized spacial score (nSPS) is 15.7. The van der Waals surface area contributed by atoms with Crippen molar-refractivity contribution in [3.8, 4) is 5.75 Å². The molecule has 2 heterocycles. The highest BCUT2D eigenvalue weighted by molar-refractivity contribution is 7.89. The van der Waals surface area contributed by atoms with Crippen LogP contribution in [0.25, 0.3) is 0 Å². The van der Waals surface area contributed by atoms with Crippen LogP contribution >= 0.6 is 24.8 Å². The summed E-state index contributed by atoms with van der Waals surface area (Å²) in [6, 6.07) is 18.1. The predicted octanol–water partition coefficient (Wildman–Crippen LogP) is 2.86. The van der Waals surface area contributed by atoms with Crippen molar-refractivity contribution in [2.24, 2.45) is 5.73 Å². The summed E-state index contributed by atoms with van der Waals surface area (Å²) in [7, 11) is -3.80. The number of hydrogen-bond acceptors (Lipinski definition) is 6. The Morgan fingerprint density at radius 3 is 2.41 bits per heavy atom. The number of nitrogens with zero attached hydrogens (tertiary/aromatic N) is 2. The van der Waals surface area contributed by atoms with Crippen LogP contribution in [0.1, 0.15) is 11.1 Å². The first-order chi connectivity index (χ1) is 15.3. The van der Waals surface area contributed by atoms with E-state index in [9.17, 15) is 13.2 Å². The molecule has 182 valence electrons. The SMILES string of the molecule is Cl.Cl.N[C@@H](Cc1cccc(S(=O)(=O)N2CC(Oc3cccnc3)(c3ccccc3)C2)c1)C(=O)O. The van der Waals surface area contributed by atoms with Gasteiger partial charge in [0.2, 0.25) is 10.0 Å². The molecule has 1 saturated heterocycles. The zero-order valence-corrected chi connectivity index (χ0v) is 20.4. The molecule has 3 aromatic rings. The molecule has 0 unspecified atom stereocenters. The minimum Gasteiger partial charge on any atom is -0.480 e. The number of halogens is 2. The molecule has 11 heteroatoms. The molecule has 1 aliphatic heterocycles. The van der Waals surface area contributed by atoms with E-state index in [-0.39, 0.29) is 49.2 Å². The average Bonchev–Trinajstić information content (AvgIpc) is 2.77. The number of carboxylic acids is 1. The number of aromatic nitrogens is 1. The molecule has 1 aromatic heterocycles. The molecular weight excluding hydrogens is 501 g/mol. The van der Waals surface area contributed by atoms with E-state index in [0.717, 1.165) is 5.56 Å². The first kappa shape index (κ1) is 27.6. The standard InChI is InChI=1S/C23H23N3O5S.2ClH/c24-21(22(27)28)13-17-6-4-10-20(12-17)32(29,30)26-15-23(16-26,18-7-2-1-3-8-18)31-19-9-5-11-25-14-19;;/h1-12,14,21H,13,15-16,24H2,(H,27,28);2*1H/t21-;;/m0../s1. The third kappa shape index (κ3) is 5.68. The first-order valence-electron chi connectivity index (χ1n) is 10.0. The Bertz CT molecular complexity index is 1210. The Balaban J connectivity index is 0.00000204. The van der Waals surface area contributed by atoms with Gasteiger partial charge in [-0.05, 0) is 41.8 Å². The molecule has 0 saturated carbocycles. The van der Waals surface area contributed by atoms with Crippen LogP contribution in [-0.4, -0.2) is 47.9 Å². The topological polar surface area (TPSA) is 123 Å². The molecule has 1 fully saturated rings. The Kier molecular flexibility index (Phi) is 9.04. The van der Waals surface area contributed by atoms with Gasteiger partial charge >= 0.3 is 5.97 Å². The van der Waals surface area contributed by atoms with Crippen LogP contribution in [0, 0.1) is 0 Å². The lowest BCUT2D eigenvalue weighted by atomic mass is 9.87. The summed E-state index contributed by atoms with van der Waals surface area (Å²) in [4.78, 5) is 15.2. The second-order valence-electron chi connectivity index (χ2n) is 7.72. The number of ether oxygens (including phenoxy) is 1. The van der Waals surface area contributed by atoms with Crippen molar-refractivity contribution < 1.29 is 23.1 Å². The third-order valence-corrected chi connectivity index (χ3v) is 7.21. The van der Waals surface area contributed by atoms with Gasteiger partial charge in [0.15, 0.2) is 5.60 Å². The number of sulfonamides is 1. The average molecular weight is 526 g/mol. The fourth-order valence-corrected chi connectivity index (χ4v) is 5.30. The Hall–Kier alpha value is -2.69. The molecule has 8 nitrogen and oxygen atoms in total. The maximum absolute atomic E-state index is 13.3. The fraction of sp³-hybridized carbons (Fsp3) is 0.217. The number of pyridine rings is 1. The Morgan fingerprint density at radius 2 is 1.79 bits per heavy atom. The molecule has 0 bridgehead atoms. The quantitative estimate of drug-likeness (QED) is 0.463. The molecule has 0 amide bonds. The number of carboxylic acid groups (broad SMARTS) is 1. The summed E-state index contributed by atoms with van der Waals surface area (Å²) in [5.41, 5.74) is 6.18. The molecule has 0 aliphatic carbocycles. The van der Waals surface area contributed by atoms with Crippen LogP contribution in [0.5, 0.6) is 5.75 Å². The molecule has 0 radical (unpaired) electrons. The third-order valence-electron chi connectivity index (χ3n) is 5.42. The van der Waals surface area contributed by atoms with Gasteiger partial charge < -0.3 is 15.6 Å². The molecule has 0 spiro atoms. The van der Waals surface area contributed by atoms with Crippen molar-refractivity contribution in [2.75, 3.05) is 13.1 Å². The zero-order valence-electron chi connectivity index (χ0n) is 18.0. The number of carbonyl (C=O) groups is 1. The van der Waals surface area contributed by atoms with E-state index < -0.39 is 27.6 Å². The lowest BCUT2D eigenvalue weighted by Crippen LogP contribution is -2.64. The highest BCUT2D eigenvalue weighted by atomic mass is 35.5. The van der Waals surface area contributed by atoms with E-state index in [0.29, 0.717) is 11.3 Å². The van der Waals surface area contributed by atoms with E-state index in [4.69, 9.17) is 15.6 Å². The number of hydrogen-bond donors (Lipinski definition) is 2. The lowest BCUT2D eigenvalue weighted by Gasteiger charge is -2.48. The van der Waals surface area contributed by atoms with Gasteiger partial charge in [0.05, 0.1) is 24.2 Å². The van der Waals surface area contributed by atoms with Crippen molar-refractivity contribution in [1.29, 1.82) is 0 Å². The fourth-order valence-electron chi connectivity index (χ4n) is 3.70. The molecule has 4 rings (SSSR count). The van der Waals surface area contributed by atoms with Gasteiger partial charge in [-0.15, -0.1) is 24.8 Å². The highest BCUT2D eigenvalue weighted by Crippen LogP contribution is 2.39. The minimum atomic E-state index is -3.80. The van der Waals surface area contributed by atoms with Crippen molar-refractivity contribution in [2.45, 2.75) is 23.0 Å². The van der Waals surface area contributed by atoms with Crippen LogP contribution in [0.2, 0.25) is 0 Å². The van der Waals surface area contributed by atoms with Crippen LogP contribution < -0.4 is 10.5 Å². The molecular formula is C23H25Cl2N3O5S. The summed E-state index contributed by atoms with van der Waals surface area (Å²) in [5, 5.41) is 9.03. The van der Waals surface area contributed by atoms with Gasteiger partial charge in [0.1, 0.15) is 11.8 Å². The van der Waals surface area contributed by atoms with Crippen molar-refractivity contribution in [3.05, 3.63) is 90.3 Å². The van der Waals surface area contributed by atoms with Gasteiger partial charge in [-0.1, -0.05) is 42.5 Å². The summed E-state index contributed by atoms with van der Waals surface area (Å²) in [6.07, 6.45) is 3.27. The summed E-state index contributed by atoms with van der Waals surface area (Å²) in [6.45, 7) is 0.264. The van der Waals surface area contributed by atoms with Crippen LogP contribution in [0.3, 0.4) is 0 Å². The van der Waals surface area contributed by atoms with E-state index in [1.165, 1.54) is 16.4 Å². The smallest absolute Gasteiger partial charge is 0.320 e. The van der Waals surface area contributed by atoms with E-state index in [1.807, 2.05) is 30.3 Å². The van der Waals surface area contributed by atoms with Gasteiger partial charge in [0, 0.05) is 6.20 Å². The number of nitrogens with two attached hydrogens (primary N) is 1. The van der Waals surface area contributed by atoms with Gasteiger partial charge in [0.25, 0.3) is 0 Å². The maximum atomic E-state index is 13.3. The number of rotatable bonds is 8. The van der Waals surface area contributed by atoms with Crippen LogP contribution in [0.15, 0.2) is 84.0 Å². The molecule has 34 heavy (non-hydrogen) atoms. The van der Waals surface area contributed by atoms with Crippen LogP contribution in [0.4, 0.5) is 0 Å². The van der Waals surface area contributed by atoms with E-state index >= 15 is 0 Å². The zero-order chi connectivity index (χ0) is 22.8. The van der Waals surface area contributed by atoms with Gasteiger partial charge in [-0.2, -0.15) is 4.31 Å². The second-order valence-corrected chi connectivity index (χ2v) is 9.66. The molecule has 3 N–H and O–H groups in total. The minimum absolute atomic E-state index is 0. The molecule has 1 atom stereocenters. The number of aliphatic carboxylic acids is 1. The van der Waals surface area contributed by atoms with E-state index in [2.05, 4.69) is 4.98 Å². The summed E-state index contributed by atoms with van der Waals surface area (Å²) in [5.74, 6) is -0.584. The molecule has 2 aromatic carbocycles. The second kappa shape index (κ2) is 11.2. The highest BCUT2D eigenvalue weighted by Gasteiger charge is 2.52. The van der Waals surface area contributed by atoms with Crippen LogP contribution in [-0.2, 0) is 26.8 Å². The van der Waals surface area contributed by atoms with Crippen molar-refractivity contribution >= 4 is 40.8 Å². The predicted molar refractivity (Wildman–Crippen MR) is 132 cm³/mol. The van der Waals surface area contributed by atoms with Crippen molar-refractivity contribution in [3.63, 3.8) is 0 Å². The largest absolute Gasteiger partial charge is 0.480 e. The van der Waals surface area contributed by atoms with Crippen molar-refractivity contribution in [1.82, 2.24) is 9.29 Å². The van der Waals surface area contributed by atoms with Gasteiger partial charge in [-0.25, -0.2) is 8.42 Å². The Morgan fingerprint density at radius 1 is 1.09 bits per heavy atom. The monoisotopic (exact) mass is 525 g/mol. The first-order valence-corrected chi connectivity index (χ1v) is 11.5. The maximum Gasteiger partial charge on any atom is 0.320 e. The summed E-state index contributed by atoms with van der Waals surface area (Å²) < 4.78 is 34.1.